The summed E-state index contributed by atoms with van der Waals surface area (Å²) in [6.07, 6.45) is 2.51. The summed E-state index contributed by atoms with van der Waals surface area (Å²) in [5.41, 5.74) is 2.15. The lowest BCUT2D eigenvalue weighted by Gasteiger charge is -2.18. The van der Waals surface area contributed by atoms with E-state index in [1.54, 1.807) is 6.33 Å². The Balaban J connectivity index is 1.79. The lowest BCUT2D eigenvalue weighted by molar-refractivity contribution is 0.448. The molecule has 4 nitrogen and oxygen atoms in total. The van der Waals surface area contributed by atoms with Gasteiger partial charge in [-0.1, -0.05) is 36.4 Å². The highest BCUT2D eigenvalue weighted by molar-refractivity contribution is 5.88. The van der Waals surface area contributed by atoms with Crippen LogP contribution in [0.1, 0.15) is 11.3 Å². The molecule has 1 N–H and O–H groups in total. The minimum Gasteiger partial charge on any atom is -0.438 e. The SMILES string of the molecule is c1ccc2c(Oc3ncnc4c3CNCC4)cccc2c1. The Morgan fingerprint density at radius 3 is 2.90 bits per heavy atom. The Morgan fingerprint density at radius 2 is 1.90 bits per heavy atom. The minimum atomic E-state index is 0.656. The summed E-state index contributed by atoms with van der Waals surface area (Å²) in [6.45, 7) is 1.72. The zero-order valence-electron chi connectivity index (χ0n) is 11.5. The first-order valence-electron chi connectivity index (χ1n) is 7.11. The van der Waals surface area contributed by atoms with Crippen molar-refractivity contribution in [1.82, 2.24) is 15.3 Å². The van der Waals surface area contributed by atoms with Gasteiger partial charge in [-0.05, 0) is 11.5 Å². The summed E-state index contributed by atoms with van der Waals surface area (Å²) in [4.78, 5) is 8.67. The topological polar surface area (TPSA) is 47.0 Å². The van der Waals surface area contributed by atoms with Crippen LogP contribution in [-0.2, 0) is 13.0 Å². The van der Waals surface area contributed by atoms with Crippen LogP contribution in [0.25, 0.3) is 10.8 Å². The molecule has 0 amide bonds. The van der Waals surface area contributed by atoms with Crippen LogP contribution in [0.4, 0.5) is 0 Å². The lowest BCUT2D eigenvalue weighted by Crippen LogP contribution is -2.25. The molecule has 0 saturated carbocycles. The highest BCUT2D eigenvalue weighted by Crippen LogP contribution is 2.31. The third-order valence-corrected chi connectivity index (χ3v) is 3.79. The van der Waals surface area contributed by atoms with Crippen LogP contribution in [0.5, 0.6) is 11.6 Å². The molecular weight excluding hydrogens is 262 g/mol. The lowest BCUT2D eigenvalue weighted by atomic mass is 10.1. The second kappa shape index (κ2) is 5.14. The summed E-state index contributed by atoms with van der Waals surface area (Å²) in [6, 6.07) is 14.3. The first-order valence-corrected chi connectivity index (χ1v) is 7.11. The van der Waals surface area contributed by atoms with E-state index in [1.165, 1.54) is 0 Å². The van der Waals surface area contributed by atoms with Gasteiger partial charge in [0.25, 0.3) is 0 Å². The van der Waals surface area contributed by atoms with Gasteiger partial charge in [-0.25, -0.2) is 9.97 Å². The molecule has 21 heavy (non-hydrogen) atoms. The third-order valence-electron chi connectivity index (χ3n) is 3.79. The van der Waals surface area contributed by atoms with Gasteiger partial charge in [0.1, 0.15) is 12.1 Å². The normalized spacial score (nSPS) is 13.9. The number of ether oxygens (including phenoxy) is 1. The quantitative estimate of drug-likeness (QED) is 0.782. The van der Waals surface area contributed by atoms with E-state index in [0.29, 0.717) is 5.88 Å². The fourth-order valence-corrected chi connectivity index (χ4v) is 2.72. The second-order valence-electron chi connectivity index (χ2n) is 5.11. The number of aromatic nitrogens is 2. The maximum Gasteiger partial charge on any atom is 0.227 e. The number of benzene rings is 2. The molecule has 0 saturated heterocycles. The smallest absolute Gasteiger partial charge is 0.227 e. The maximum atomic E-state index is 6.10. The Kier molecular flexibility index (Phi) is 3.01. The number of fused-ring (bicyclic) bond motifs is 2. The molecule has 0 atom stereocenters. The molecular formula is C17H15N3O. The van der Waals surface area contributed by atoms with Crippen molar-refractivity contribution >= 4 is 10.8 Å². The number of hydrogen-bond acceptors (Lipinski definition) is 4. The first-order chi connectivity index (χ1) is 10.4. The van der Waals surface area contributed by atoms with Gasteiger partial charge in [-0.3, -0.25) is 0 Å². The highest BCUT2D eigenvalue weighted by Gasteiger charge is 2.17. The Labute approximate surface area is 122 Å². The van der Waals surface area contributed by atoms with Gasteiger partial charge >= 0.3 is 0 Å². The van der Waals surface area contributed by atoms with Crippen LogP contribution in [0, 0.1) is 0 Å². The van der Waals surface area contributed by atoms with E-state index >= 15 is 0 Å². The number of nitrogens with zero attached hydrogens (tertiary/aromatic N) is 2. The van der Waals surface area contributed by atoms with E-state index in [2.05, 4.69) is 33.5 Å². The molecule has 0 unspecified atom stereocenters. The summed E-state index contributed by atoms with van der Waals surface area (Å²) in [5.74, 6) is 1.49. The summed E-state index contributed by atoms with van der Waals surface area (Å²) >= 11 is 0. The van der Waals surface area contributed by atoms with Crippen molar-refractivity contribution in [1.29, 1.82) is 0 Å². The van der Waals surface area contributed by atoms with Gasteiger partial charge < -0.3 is 10.1 Å². The van der Waals surface area contributed by atoms with Crippen LogP contribution in [0.2, 0.25) is 0 Å². The summed E-state index contributed by atoms with van der Waals surface area (Å²) in [7, 11) is 0. The van der Waals surface area contributed by atoms with Crippen molar-refractivity contribution in [2.45, 2.75) is 13.0 Å². The second-order valence-corrected chi connectivity index (χ2v) is 5.11. The first kappa shape index (κ1) is 12.3. The van der Waals surface area contributed by atoms with Gasteiger partial charge in [0, 0.05) is 24.9 Å². The molecule has 4 rings (SSSR count). The zero-order chi connectivity index (χ0) is 14.1. The molecule has 2 heterocycles. The van der Waals surface area contributed by atoms with Crippen molar-refractivity contribution in [2.75, 3.05) is 6.54 Å². The van der Waals surface area contributed by atoms with Crippen LogP contribution >= 0.6 is 0 Å². The van der Waals surface area contributed by atoms with Gasteiger partial charge in [0.05, 0.1) is 11.3 Å². The van der Waals surface area contributed by atoms with Crippen LogP contribution in [0.15, 0.2) is 48.8 Å². The Hall–Kier alpha value is -2.46. The van der Waals surface area contributed by atoms with E-state index in [9.17, 15) is 0 Å². The Morgan fingerprint density at radius 1 is 1.00 bits per heavy atom. The molecule has 104 valence electrons. The molecule has 0 bridgehead atoms. The van der Waals surface area contributed by atoms with Crippen molar-refractivity contribution in [3.05, 3.63) is 60.0 Å². The van der Waals surface area contributed by atoms with Crippen molar-refractivity contribution in [3.8, 4) is 11.6 Å². The predicted molar refractivity (Wildman–Crippen MR) is 81.5 cm³/mol. The fraction of sp³-hybridized carbons (Fsp3) is 0.176. The van der Waals surface area contributed by atoms with Crippen molar-refractivity contribution in [3.63, 3.8) is 0 Å². The van der Waals surface area contributed by atoms with E-state index in [-0.39, 0.29) is 0 Å². The van der Waals surface area contributed by atoms with E-state index in [0.717, 1.165) is 47.3 Å². The fourth-order valence-electron chi connectivity index (χ4n) is 2.72. The van der Waals surface area contributed by atoms with E-state index in [1.807, 2.05) is 24.3 Å². The zero-order valence-corrected chi connectivity index (χ0v) is 11.5. The van der Waals surface area contributed by atoms with E-state index in [4.69, 9.17) is 4.74 Å². The van der Waals surface area contributed by atoms with Crippen LogP contribution in [-0.4, -0.2) is 16.5 Å². The van der Waals surface area contributed by atoms with Crippen molar-refractivity contribution in [2.24, 2.45) is 0 Å². The molecule has 1 aromatic heterocycles. The van der Waals surface area contributed by atoms with Gasteiger partial charge in [0.15, 0.2) is 0 Å². The molecule has 1 aliphatic heterocycles. The molecule has 0 spiro atoms. The maximum absolute atomic E-state index is 6.10. The molecule has 1 aliphatic rings. The summed E-state index contributed by atoms with van der Waals surface area (Å²) < 4.78 is 6.10. The number of hydrogen-bond donors (Lipinski definition) is 1. The van der Waals surface area contributed by atoms with Crippen LogP contribution in [0.3, 0.4) is 0 Å². The van der Waals surface area contributed by atoms with Gasteiger partial charge in [0.2, 0.25) is 5.88 Å². The molecule has 4 heteroatoms. The van der Waals surface area contributed by atoms with Gasteiger partial charge in [-0.15, -0.1) is 0 Å². The Bertz CT molecular complexity index is 796. The average molecular weight is 277 g/mol. The molecule has 0 fully saturated rings. The molecule has 0 aliphatic carbocycles. The molecule has 3 aromatic rings. The third kappa shape index (κ3) is 2.23. The van der Waals surface area contributed by atoms with Crippen LogP contribution < -0.4 is 10.1 Å². The van der Waals surface area contributed by atoms with Gasteiger partial charge in [-0.2, -0.15) is 0 Å². The largest absolute Gasteiger partial charge is 0.438 e. The standard InChI is InChI=1S/C17H15N3O/c1-2-6-13-12(4-1)5-3-7-16(13)21-17-14-10-18-9-8-15(14)19-11-20-17/h1-7,11,18H,8-10H2. The van der Waals surface area contributed by atoms with Crippen molar-refractivity contribution < 1.29 is 4.74 Å². The monoisotopic (exact) mass is 277 g/mol. The number of nitrogens with one attached hydrogen (secondary N) is 1. The average Bonchev–Trinajstić information content (AvgIpc) is 2.56. The highest BCUT2D eigenvalue weighted by atomic mass is 16.5. The predicted octanol–water partition coefficient (Wildman–Crippen LogP) is 3.07. The number of rotatable bonds is 2. The van der Waals surface area contributed by atoms with E-state index < -0.39 is 0 Å². The molecule has 2 aromatic carbocycles. The molecule has 0 radical (unpaired) electrons. The minimum absolute atomic E-state index is 0.656. The summed E-state index contributed by atoms with van der Waals surface area (Å²) in [5, 5.41) is 5.60.